The van der Waals surface area contributed by atoms with Gasteiger partial charge in [0.1, 0.15) is 0 Å². The molecule has 0 aliphatic carbocycles. The van der Waals surface area contributed by atoms with Gasteiger partial charge in [-0.3, -0.25) is 10.1 Å². The summed E-state index contributed by atoms with van der Waals surface area (Å²) in [5.41, 5.74) is -0.269. The van der Waals surface area contributed by atoms with Crippen molar-refractivity contribution in [2.75, 3.05) is 6.61 Å². The third kappa shape index (κ3) is 2.63. The van der Waals surface area contributed by atoms with E-state index in [0.29, 0.717) is 12.5 Å². The Hall–Kier alpha value is -1.69. The third-order valence-corrected chi connectivity index (χ3v) is 1.94. The first kappa shape index (κ1) is 11.4. The minimum atomic E-state index is -1.02. The van der Waals surface area contributed by atoms with E-state index < -0.39 is 22.2 Å². The maximum Gasteiger partial charge on any atom is 0.272 e. The van der Waals surface area contributed by atoms with Gasteiger partial charge in [0, 0.05) is 18.2 Å². The number of nitrogens with zero attached hydrogens (tertiary/aromatic N) is 1. The van der Waals surface area contributed by atoms with E-state index in [4.69, 9.17) is 5.11 Å². The lowest BCUT2D eigenvalue weighted by atomic mass is 10.1. The smallest absolute Gasteiger partial charge is 0.272 e. The predicted molar refractivity (Wildman–Crippen MR) is 50.1 cm³/mol. The summed E-state index contributed by atoms with van der Waals surface area (Å²) < 4.78 is 13.0. The van der Waals surface area contributed by atoms with Crippen LogP contribution in [0.4, 0.5) is 10.1 Å². The highest BCUT2D eigenvalue weighted by Crippen LogP contribution is 2.27. The fraction of sp³-hybridized carbons (Fsp3) is 0.333. The molecule has 5 nitrogen and oxygen atoms in total. The molecule has 0 bridgehead atoms. The van der Waals surface area contributed by atoms with Crippen molar-refractivity contribution in [3.8, 4) is 5.75 Å². The molecule has 0 unspecified atom stereocenters. The number of aryl methyl sites for hydroxylation is 1. The zero-order chi connectivity index (χ0) is 11.4. The molecule has 2 N–H and O–H groups in total. The third-order valence-electron chi connectivity index (χ3n) is 1.94. The van der Waals surface area contributed by atoms with Gasteiger partial charge in [0.15, 0.2) is 11.6 Å². The maximum absolute atomic E-state index is 13.0. The van der Waals surface area contributed by atoms with Crippen molar-refractivity contribution in [3.63, 3.8) is 0 Å². The van der Waals surface area contributed by atoms with Crippen LogP contribution in [0.15, 0.2) is 12.1 Å². The van der Waals surface area contributed by atoms with Gasteiger partial charge in [0.05, 0.1) is 11.0 Å². The molecule has 0 saturated heterocycles. The van der Waals surface area contributed by atoms with Crippen LogP contribution in [0, 0.1) is 15.9 Å². The average molecular weight is 215 g/mol. The molecule has 6 heteroatoms. The summed E-state index contributed by atoms with van der Waals surface area (Å²) in [5.74, 6) is -1.61. The molecule has 0 atom stereocenters. The second-order valence-electron chi connectivity index (χ2n) is 3.02. The Kier molecular flexibility index (Phi) is 3.56. The molecule has 0 radical (unpaired) electrons. The zero-order valence-electron chi connectivity index (χ0n) is 7.81. The lowest BCUT2D eigenvalue weighted by Gasteiger charge is -2.04. The van der Waals surface area contributed by atoms with Crippen LogP contribution in [0.25, 0.3) is 0 Å². The molecule has 82 valence electrons. The Balaban J connectivity index is 3.07. The second kappa shape index (κ2) is 4.70. The van der Waals surface area contributed by atoms with Gasteiger partial charge in [-0.2, -0.15) is 0 Å². The fourth-order valence-corrected chi connectivity index (χ4v) is 1.21. The molecule has 0 amide bonds. The van der Waals surface area contributed by atoms with Crippen molar-refractivity contribution >= 4 is 5.69 Å². The van der Waals surface area contributed by atoms with Gasteiger partial charge >= 0.3 is 0 Å². The Labute approximate surface area is 84.9 Å². The largest absolute Gasteiger partial charge is 0.505 e. The number of aliphatic hydroxyl groups is 1. The van der Waals surface area contributed by atoms with Crippen LogP contribution in [0.1, 0.15) is 12.0 Å². The SMILES string of the molecule is O=[N+]([O-])c1cc(F)c(O)c(CCCO)c1. The van der Waals surface area contributed by atoms with Crippen molar-refractivity contribution in [2.24, 2.45) is 0 Å². The molecular weight excluding hydrogens is 205 g/mol. The predicted octanol–water partition coefficient (Wildman–Crippen LogP) is 1.36. The molecule has 0 spiro atoms. The topological polar surface area (TPSA) is 83.6 Å². The fourth-order valence-electron chi connectivity index (χ4n) is 1.21. The summed E-state index contributed by atoms with van der Waals surface area (Å²) in [6.07, 6.45) is 0.509. The average Bonchev–Trinajstić information content (AvgIpc) is 2.19. The van der Waals surface area contributed by atoms with Crippen LogP contribution in [0.2, 0.25) is 0 Å². The Morgan fingerprint density at radius 1 is 1.47 bits per heavy atom. The summed E-state index contributed by atoms with van der Waals surface area (Å²) >= 11 is 0. The second-order valence-corrected chi connectivity index (χ2v) is 3.02. The van der Waals surface area contributed by atoms with Crippen LogP contribution in [0.3, 0.4) is 0 Å². The number of aromatic hydroxyl groups is 1. The van der Waals surface area contributed by atoms with Gasteiger partial charge in [0.25, 0.3) is 5.69 Å². The number of nitro benzene ring substituents is 1. The molecule has 0 aliphatic rings. The molecule has 15 heavy (non-hydrogen) atoms. The van der Waals surface area contributed by atoms with E-state index in [2.05, 4.69) is 0 Å². The van der Waals surface area contributed by atoms with Crippen molar-refractivity contribution in [3.05, 3.63) is 33.6 Å². The van der Waals surface area contributed by atoms with Crippen molar-refractivity contribution in [2.45, 2.75) is 12.8 Å². The molecular formula is C9H10FNO4. The first-order valence-corrected chi connectivity index (χ1v) is 4.33. The molecule has 1 aromatic rings. The summed E-state index contributed by atoms with van der Waals surface area (Å²) in [4.78, 5) is 9.67. The van der Waals surface area contributed by atoms with Gasteiger partial charge in [-0.15, -0.1) is 0 Å². The number of phenols is 1. The van der Waals surface area contributed by atoms with E-state index >= 15 is 0 Å². The maximum atomic E-state index is 13.0. The van der Waals surface area contributed by atoms with Gasteiger partial charge < -0.3 is 10.2 Å². The molecule has 0 aromatic heterocycles. The highest BCUT2D eigenvalue weighted by atomic mass is 19.1. The molecule has 1 aromatic carbocycles. The van der Waals surface area contributed by atoms with Gasteiger partial charge in [-0.05, 0) is 12.8 Å². The van der Waals surface area contributed by atoms with E-state index in [1.165, 1.54) is 0 Å². The van der Waals surface area contributed by atoms with E-state index in [9.17, 15) is 19.6 Å². The van der Waals surface area contributed by atoms with Crippen LogP contribution in [-0.4, -0.2) is 21.7 Å². The summed E-state index contributed by atoms with van der Waals surface area (Å²) in [7, 11) is 0. The van der Waals surface area contributed by atoms with E-state index in [1.807, 2.05) is 0 Å². The lowest BCUT2D eigenvalue weighted by molar-refractivity contribution is -0.385. The first-order valence-electron chi connectivity index (χ1n) is 4.33. The lowest BCUT2D eigenvalue weighted by Crippen LogP contribution is -1.96. The molecule has 0 fully saturated rings. The Morgan fingerprint density at radius 2 is 2.13 bits per heavy atom. The Morgan fingerprint density at radius 3 is 2.67 bits per heavy atom. The number of hydrogen-bond acceptors (Lipinski definition) is 4. The van der Waals surface area contributed by atoms with Crippen molar-refractivity contribution in [1.29, 1.82) is 0 Å². The van der Waals surface area contributed by atoms with Crippen LogP contribution < -0.4 is 0 Å². The van der Waals surface area contributed by atoms with E-state index in [0.717, 1.165) is 6.07 Å². The standard InChI is InChI=1S/C9H10FNO4/c10-8-5-7(11(14)15)4-6(9(8)13)2-1-3-12/h4-5,12-13H,1-3H2. The highest BCUT2D eigenvalue weighted by Gasteiger charge is 2.15. The number of benzene rings is 1. The summed E-state index contributed by atoms with van der Waals surface area (Å²) in [6, 6.07) is 1.77. The normalized spacial score (nSPS) is 10.3. The van der Waals surface area contributed by atoms with Gasteiger partial charge in [-0.1, -0.05) is 0 Å². The number of aliphatic hydroxyl groups excluding tert-OH is 1. The van der Waals surface area contributed by atoms with E-state index in [-0.39, 0.29) is 18.6 Å². The quantitative estimate of drug-likeness (QED) is 0.586. The molecule has 0 heterocycles. The van der Waals surface area contributed by atoms with Crippen LogP contribution in [-0.2, 0) is 6.42 Å². The minimum absolute atomic E-state index is 0.121. The van der Waals surface area contributed by atoms with Crippen molar-refractivity contribution < 1.29 is 19.5 Å². The number of phenolic OH excluding ortho intramolecular Hbond substituents is 1. The van der Waals surface area contributed by atoms with Gasteiger partial charge in [0.2, 0.25) is 0 Å². The zero-order valence-corrected chi connectivity index (χ0v) is 7.81. The number of hydrogen-bond donors (Lipinski definition) is 2. The molecule has 0 aliphatic heterocycles. The summed E-state index contributed by atoms with van der Waals surface area (Å²) in [6.45, 7) is -0.121. The number of nitro groups is 1. The monoisotopic (exact) mass is 215 g/mol. The van der Waals surface area contributed by atoms with Gasteiger partial charge in [-0.25, -0.2) is 4.39 Å². The number of non-ortho nitro benzene ring substituents is 1. The Bertz CT molecular complexity index is 381. The number of rotatable bonds is 4. The van der Waals surface area contributed by atoms with Crippen molar-refractivity contribution in [1.82, 2.24) is 0 Å². The van der Waals surface area contributed by atoms with E-state index in [1.54, 1.807) is 0 Å². The minimum Gasteiger partial charge on any atom is -0.505 e. The highest BCUT2D eigenvalue weighted by molar-refractivity contribution is 5.44. The first-order chi connectivity index (χ1) is 7.06. The number of halogens is 1. The summed E-state index contributed by atoms with van der Waals surface area (Å²) in [5, 5.41) is 28.2. The van der Waals surface area contributed by atoms with Crippen LogP contribution in [0.5, 0.6) is 5.75 Å². The molecule has 0 saturated carbocycles. The molecule has 1 rings (SSSR count). The van der Waals surface area contributed by atoms with Crippen LogP contribution >= 0.6 is 0 Å².